The van der Waals surface area contributed by atoms with Gasteiger partial charge in [0.1, 0.15) is 17.8 Å². The molecule has 0 aliphatic carbocycles. The number of nitriles is 1. The first-order chi connectivity index (χ1) is 16.1. The van der Waals surface area contributed by atoms with E-state index < -0.39 is 12.1 Å². The van der Waals surface area contributed by atoms with Gasteiger partial charge in [0.05, 0.1) is 26.4 Å². The maximum Gasteiger partial charge on any atom is 0.318 e. The van der Waals surface area contributed by atoms with Gasteiger partial charge in [0.25, 0.3) is 0 Å². The summed E-state index contributed by atoms with van der Waals surface area (Å²) in [4.78, 5) is 27.5. The molecule has 8 nitrogen and oxygen atoms in total. The fourth-order valence-electron chi connectivity index (χ4n) is 3.61. The van der Waals surface area contributed by atoms with Crippen LogP contribution >= 0.6 is 0 Å². The summed E-state index contributed by atoms with van der Waals surface area (Å²) in [6.45, 7) is 1.89. The molecule has 1 heterocycles. The lowest BCUT2D eigenvalue weighted by atomic mass is 10.0. The highest BCUT2D eigenvalue weighted by molar-refractivity contribution is 5.87. The second-order valence-corrected chi connectivity index (χ2v) is 7.87. The van der Waals surface area contributed by atoms with E-state index >= 15 is 0 Å². The van der Waals surface area contributed by atoms with Crippen LogP contribution < -0.4 is 15.4 Å². The molecule has 0 spiro atoms. The van der Waals surface area contributed by atoms with Crippen LogP contribution in [0.1, 0.15) is 17.5 Å². The van der Waals surface area contributed by atoms with E-state index in [0.717, 1.165) is 11.1 Å². The monoisotopic (exact) mass is 450 g/mol. The van der Waals surface area contributed by atoms with Gasteiger partial charge in [-0.2, -0.15) is 5.26 Å². The SMILES string of the molecule is COc1ccc(CC(NC(=O)N2CCOCC2)C(=O)NC(C#N)CCc2ccccc2)cc1. The Bertz CT molecular complexity index is 937. The molecular formula is C25H30N4O4. The average Bonchev–Trinajstić information content (AvgIpc) is 2.87. The van der Waals surface area contributed by atoms with Gasteiger partial charge < -0.3 is 25.0 Å². The Morgan fingerprint density at radius 3 is 2.39 bits per heavy atom. The summed E-state index contributed by atoms with van der Waals surface area (Å²) >= 11 is 0. The third-order valence-electron chi connectivity index (χ3n) is 5.55. The van der Waals surface area contributed by atoms with Crippen LogP contribution in [0.15, 0.2) is 54.6 Å². The summed E-state index contributed by atoms with van der Waals surface area (Å²) in [5, 5.41) is 15.2. The Labute approximate surface area is 194 Å². The number of urea groups is 1. The summed E-state index contributed by atoms with van der Waals surface area (Å²) in [5.41, 5.74) is 1.97. The quantitative estimate of drug-likeness (QED) is 0.610. The lowest BCUT2D eigenvalue weighted by molar-refractivity contribution is -0.123. The number of nitrogens with zero attached hydrogens (tertiary/aromatic N) is 2. The lowest BCUT2D eigenvalue weighted by Gasteiger charge is -2.29. The molecule has 1 fully saturated rings. The normalized spacial score (nSPS) is 15.1. The molecule has 2 atom stereocenters. The first-order valence-electron chi connectivity index (χ1n) is 11.1. The van der Waals surface area contributed by atoms with Gasteiger partial charge in [-0.15, -0.1) is 0 Å². The number of ether oxygens (including phenoxy) is 2. The van der Waals surface area contributed by atoms with E-state index in [-0.39, 0.29) is 11.9 Å². The topological polar surface area (TPSA) is 104 Å². The highest BCUT2D eigenvalue weighted by Gasteiger charge is 2.26. The smallest absolute Gasteiger partial charge is 0.318 e. The number of aryl methyl sites for hydroxylation is 1. The zero-order valence-electron chi connectivity index (χ0n) is 18.8. The molecule has 2 aromatic carbocycles. The predicted molar refractivity (Wildman–Crippen MR) is 124 cm³/mol. The van der Waals surface area contributed by atoms with Crippen molar-refractivity contribution < 1.29 is 19.1 Å². The summed E-state index contributed by atoms with van der Waals surface area (Å²) in [6, 6.07) is 17.5. The Hall–Kier alpha value is -3.57. The van der Waals surface area contributed by atoms with Crippen LogP contribution in [-0.4, -0.2) is 62.3 Å². The maximum absolute atomic E-state index is 13.1. The van der Waals surface area contributed by atoms with Crippen LogP contribution in [0, 0.1) is 11.3 Å². The molecule has 0 saturated carbocycles. The van der Waals surface area contributed by atoms with Crippen molar-refractivity contribution in [3.05, 3.63) is 65.7 Å². The van der Waals surface area contributed by atoms with Crippen LogP contribution in [-0.2, 0) is 22.4 Å². The number of hydrogen-bond donors (Lipinski definition) is 2. The van der Waals surface area contributed by atoms with Crippen LogP contribution in [0.3, 0.4) is 0 Å². The van der Waals surface area contributed by atoms with Crippen LogP contribution in [0.5, 0.6) is 5.75 Å². The van der Waals surface area contributed by atoms with Gasteiger partial charge in [-0.1, -0.05) is 42.5 Å². The van der Waals surface area contributed by atoms with Crippen LogP contribution in [0.4, 0.5) is 4.79 Å². The standard InChI is InChI=1S/C25H30N4O4/c1-32-22-11-8-20(9-12-22)17-23(28-25(31)29-13-15-33-16-14-29)24(30)27-21(18-26)10-7-19-5-3-2-4-6-19/h2-6,8-9,11-12,21,23H,7,10,13-17H2,1H3,(H,27,30)(H,28,31). The molecule has 33 heavy (non-hydrogen) atoms. The van der Waals surface area contributed by atoms with Gasteiger partial charge in [0, 0.05) is 19.5 Å². The van der Waals surface area contributed by atoms with E-state index in [4.69, 9.17) is 9.47 Å². The van der Waals surface area contributed by atoms with Crippen molar-refractivity contribution in [3.63, 3.8) is 0 Å². The van der Waals surface area contributed by atoms with E-state index in [9.17, 15) is 14.9 Å². The number of rotatable bonds is 9. The molecule has 2 N–H and O–H groups in total. The number of nitrogens with one attached hydrogen (secondary N) is 2. The zero-order chi connectivity index (χ0) is 23.5. The van der Waals surface area contributed by atoms with Crippen LogP contribution in [0.2, 0.25) is 0 Å². The van der Waals surface area contributed by atoms with Gasteiger partial charge in [-0.25, -0.2) is 4.79 Å². The van der Waals surface area contributed by atoms with Crippen molar-refractivity contribution in [2.75, 3.05) is 33.4 Å². The third kappa shape index (κ3) is 7.51. The molecule has 3 amide bonds. The van der Waals surface area contributed by atoms with Gasteiger partial charge in [0.2, 0.25) is 5.91 Å². The molecule has 0 radical (unpaired) electrons. The number of morpholine rings is 1. The highest BCUT2D eigenvalue weighted by Crippen LogP contribution is 2.14. The van der Waals surface area contributed by atoms with E-state index in [1.54, 1.807) is 12.0 Å². The van der Waals surface area contributed by atoms with E-state index in [2.05, 4.69) is 16.7 Å². The largest absolute Gasteiger partial charge is 0.497 e. The zero-order valence-corrected chi connectivity index (χ0v) is 18.8. The first kappa shape index (κ1) is 24.1. The average molecular weight is 451 g/mol. The van der Waals surface area contributed by atoms with E-state index in [0.29, 0.717) is 51.3 Å². The minimum absolute atomic E-state index is 0.294. The summed E-state index contributed by atoms with van der Waals surface area (Å²) in [7, 11) is 1.59. The van der Waals surface area contributed by atoms with Gasteiger partial charge in [-0.3, -0.25) is 4.79 Å². The molecule has 2 aromatic rings. The number of benzene rings is 2. The van der Waals surface area contributed by atoms with Crippen molar-refractivity contribution in [1.82, 2.24) is 15.5 Å². The van der Waals surface area contributed by atoms with Crippen molar-refractivity contribution in [1.29, 1.82) is 5.26 Å². The molecule has 0 aromatic heterocycles. The Morgan fingerprint density at radius 2 is 1.76 bits per heavy atom. The Kier molecular flexibility index (Phi) is 9.09. The molecule has 1 aliphatic rings. The number of carbonyl (C=O) groups excluding carboxylic acids is 2. The Balaban J connectivity index is 1.66. The fourth-order valence-corrected chi connectivity index (χ4v) is 3.61. The van der Waals surface area contributed by atoms with Crippen molar-refractivity contribution in [2.24, 2.45) is 0 Å². The number of amides is 3. The molecule has 0 bridgehead atoms. The summed E-state index contributed by atoms with van der Waals surface area (Å²) in [5.74, 6) is 0.328. The van der Waals surface area contributed by atoms with Crippen molar-refractivity contribution in [3.8, 4) is 11.8 Å². The summed E-state index contributed by atoms with van der Waals surface area (Å²) < 4.78 is 10.5. The number of carbonyl (C=O) groups is 2. The second-order valence-electron chi connectivity index (χ2n) is 7.87. The van der Waals surface area contributed by atoms with E-state index in [1.807, 2.05) is 54.6 Å². The van der Waals surface area contributed by atoms with Gasteiger partial charge in [0.15, 0.2) is 0 Å². The highest BCUT2D eigenvalue weighted by atomic mass is 16.5. The van der Waals surface area contributed by atoms with Gasteiger partial charge >= 0.3 is 6.03 Å². The summed E-state index contributed by atoms with van der Waals surface area (Å²) in [6.07, 6.45) is 1.45. The lowest BCUT2D eigenvalue weighted by Crippen LogP contribution is -2.55. The Morgan fingerprint density at radius 1 is 1.06 bits per heavy atom. The fraction of sp³-hybridized carbons (Fsp3) is 0.400. The van der Waals surface area contributed by atoms with Crippen molar-refractivity contribution in [2.45, 2.75) is 31.3 Å². The number of methoxy groups -OCH3 is 1. The predicted octanol–water partition coefficient (Wildman–Crippen LogP) is 2.29. The minimum Gasteiger partial charge on any atom is -0.497 e. The molecular weight excluding hydrogens is 420 g/mol. The molecule has 174 valence electrons. The van der Waals surface area contributed by atoms with Crippen molar-refractivity contribution >= 4 is 11.9 Å². The minimum atomic E-state index is -0.818. The number of hydrogen-bond acceptors (Lipinski definition) is 5. The first-order valence-corrected chi connectivity index (χ1v) is 11.1. The molecule has 2 unspecified atom stereocenters. The molecule has 8 heteroatoms. The van der Waals surface area contributed by atoms with E-state index in [1.165, 1.54) is 0 Å². The third-order valence-corrected chi connectivity index (χ3v) is 5.55. The molecule has 1 aliphatic heterocycles. The molecule has 1 saturated heterocycles. The second kappa shape index (κ2) is 12.5. The molecule has 3 rings (SSSR count). The maximum atomic E-state index is 13.1. The van der Waals surface area contributed by atoms with Gasteiger partial charge in [-0.05, 0) is 36.1 Å². The van der Waals surface area contributed by atoms with Crippen LogP contribution in [0.25, 0.3) is 0 Å².